The second kappa shape index (κ2) is 8.63. The summed E-state index contributed by atoms with van der Waals surface area (Å²) in [6.07, 6.45) is 10.7. The van der Waals surface area contributed by atoms with Gasteiger partial charge in [0.1, 0.15) is 0 Å². The topological polar surface area (TPSA) is 53.6 Å². The third-order valence-corrected chi connectivity index (χ3v) is 6.54. The molecule has 1 atom stereocenters. The first-order valence-electron chi connectivity index (χ1n) is 9.97. The minimum Gasteiger partial charge on any atom is -0.381 e. The lowest BCUT2D eigenvalue weighted by atomic mass is 9.91. The first-order valence-corrected chi connectivity index (χ1v) is 9.97. The van der Waals surface area contributed by atoms with Gasteiger partial charge in [-0.15, -0.1) is 0 Å². The van der Waals surface area contributed by atoms with Crippen LogP contribution in [-0.2, 0) is 9.53 Å². The highest BCUT2D eigenvalue weighted by atomic mass is 16.5. The maximum Gasteiger partial charge on any atom is 0.220 e. The Labute approximate surface area is 146 Å². The SMILES string of the molecule is COC1CCN(C2(CNC(=O)CCC3CCNC3)CCCC2)CC1. The monoisotopic (exact) mass is 337 g/mol. The molecule has 0 spiro atoms. The smallest absolute Gasteiger partial charge is 0.220 e. The molecular weight excluding hydrogens is 302 g/mol. The summed E-state index contributed by atoms with van der Waals surface area (Å²) in [5.74, 6) is 0.948. The van der Waals surface area contributed by atoms with Crippen LogP contribution < -0.4 is 10.6 Å². The van der Waals surface area contributed by atoms with Crippen molar-refractivity contribution < 1.29 is 9.53 Å². The quantitative estimate of drug-likeness (QED) is 0.745. The lowest BCUT2D eigenvalue weighted by Crippen LogP contribution is -2.57. The van der Waals surface area contributed by atoms with Crippen LogP contribution in [0.15, 0.2) is 0 Å². The van der Waals surface area contributed by atoms with E-state index >= 15 is 0 Å². The minimum atomic E-state index is 0.212. The van der Waals surface area contributed by atoms with Crippen molar-refractivity contribution in [2.45, 2.75) is 69.4 Å². The summed E-state index contributed by atoms with van der Waals surface area (Å²) in [5.41, 5.74) is 0.212. The molecule has 1 aliphatic carbocycles. The zero-order chi connectivity index (χ0) is 16.8. The van der Waals surface area contributed by atoms with E-state index in [0.717, 1.165) is 52.0 Å². The molecule has 0 aromatic heterocycles. The number of ether oxygens (including phenoxy) is 1. The average molecular weight is 338 g/mol. The molecule has 0 radical (unpaired) electrons. The Balaban J connectivity index is 1.45. The largest absolute Gasteiger partial charge is 0.381 e. The molecule has 5 heteroatoms. The summed E-state index contributed by atoms with van der Waals surface area (Å²) in [5, 5.41) is 6.66. The number of hydrogen-bond acceptors (Lipinski definition) is 4. The number of amides is 1. The van der Waals surface area contributed by atoms with Crippen molar-refractivity contribution in [1.82, 2.24) is 15.5 Å². The molecule has 3 rings (SSSR count). The number of nitrogens with zero attached hydrogens (tertiary/aromatic N) is 1. The molecule has 2 aliphatic heterocycles. The first-order chi connectivity index (χ1) is 11.7. The van der Waals surface area contributed by atoms with Crippen molar-refractivity contribution in [2.24, 2.45) is 5.92 Å². The lowest BCUT2D eigenvalue weighted by Gasteiger charge is -2.45. The number of nitrogens with one attached hydrogen (secondary N) is 2. The summed E-state index contributed by atoms with van der Waals surface area (Å²) < 4.78 is 5.51. The third kappa shape index (κ3) is 4.50. The highest BCUT2D eigenvalue weighted by Crippen LogP contribution is 2.36. The molecule has 3 fully saturated rings. The van der Waals surface area contributed by atoms with E-state index in [9.17, 15) is 4.79 Å². The van der Waals surface area contributed by atoms with Gasteiger partial charge in [0.2, 0.25) is 5.91 Å². The normalized spacial score (nSPS) is 28.3. The Hall–Kier alpha value is -0.650. The van der Waals surface area contributed by atoms with Crippen molar-refractivity contribution in [3.05, 3.63) is 0 Å². The van der Waals surface area contributed by atoms with Gasteiger partial charge in [0.05, 0.1) is 6.10 Å². The van der Waals surface area contributed by atoms with Crippen molar-refractivity contribution in [1.29, 1.82) is 0 Å². The van der Waals surface area contributed by atoms with Gasteiger partial charge in [0.15, 0.2) is 0 Å². The molecule has 2 heterocycles. The molecule has 0 aromatic carbocycles. The fourth-order valence-electron chi connectivity index (χ4n) is 4.85. The van der Waals surface area contributed by atoms with Crippen LogP contribution in [0.5, 0.6) is 0 Å². The van der Waals surface area contributed by atoms with Crippen LogP contribution in [0, 0.1) is 5.92 Å². The first kappa shape index (κ1) is 18.2. The van der Waals surface area contributed by atoms with Gasteiger partial charge < -0.3 is 15.4 Å². The zero-order valence-corrected chi connectivity index (χ0v) is 15.3. The fraction of sp³-hybridized carbons (Fsp3) is 0.947. The van der Waals surface area contributed by atoms with E-state index in [1.807, 2.05) is 7.11 Å². The molecule has 138 valence electrons. The van der Waals surface area contributed by atoms with Gasteiger partial charge in [-0.2, -0.15) is 0 Å². The predicted molar refractivity (Wildman–Crippen MR) is 96.0 cm³/mol. The summed E-state index contributed by atoms with van der Waals surface area (Å²) in [6.45, 7) is 5.27. The van der Waals surface area contributed by atoms with Gasteiger partial charge in [-0.05, 0) is 57.5 Å². The van der Waals surface area contributed by atoms with Crippen LogP contribution in [0.2, 0.25) is 0 Å². The number of hydrogen-bond donors (Lipinski definition) is 2. The molecule has 0 bridgehead atoms. The van der Waals surface area contributed by atoms with Crippen LogP contribution in [0.4, 0.5) is 0 Å². The molecule has 2 saturated heterocycles. The Bertz CT molecular complexity index is 395. The number of likely N-dealkylation sites (tertiary alicyclic amines) is 1. The van der Waals surface area contributed by atoms with E-state index in [2.05, 4.69) is 15.5 Å². The van der Waals surface area contributed by atoms with Crippen LogP contribution in [0.3, 0.4) is 0 Å². The van der Waals surface area contributed by atoms with Gasteiger partial charge in [-0.1, -0.05) is 12.8 Å². The second-order valence-corrected chi connectivity index (χ2v) is 8.03. The molecule has 1 amide bonds. The van der Waals surface area contributed by atoms with Gasteiger partial charge in [-0.3, -0.25) is 9.69 Å². The Morgan fingerprint density at radius 1 is 1.25 bits per heavy atom. The number of piperidine rings is 1. The Kier molecular flexibility index (Phi) is 6.53. The van der Waals surface area contributed by atoms with E-state index in [4.69, 9.17) is 4.74 Å². The minimum absolute atomic E-state index is 0.212. The standard InChI is InChI=1S/C19H35N3O2/c1-24-17-7-12-22(13-8-17)19(9-2-3-10-19)15-21-18(23)5-4-16-6-11-20-14-16/h16-17,20H,2-15H2,1H3,(H,21,23). The van der Waals surface area contributed by atoms with E-state index in [1.54, 1.807) is 0 Å². The molecule has 5 nitrogen and oxygen atoms in total. The van der Waals surface area contributed by atoms with Gasteiger partial charge in [-0.25, -0.2) is 0 Å². The van der Waals surface area contributed by atoms with Crippen LogP contribution in [0.1, 0.15) is 57.8 Å². The highest BCUT2D eigenvalue weighted by molar-refractivity contribution is 5.75. The van der Waals surface area contributed by atoms with Crippen LogP contribution >= 0.6 is 0 Å². The average Bonchev–Trinajstić information content (AvgIpc) is 3.31. The molecule has 0 aromatic rings. The summed E-state index contributed by atoms with van der Waals surface area (Å²) in [6, 6.07) is 0. The van der Waals surface area contributed by atoms with Crippen LogP contribution in [-0.4, -0.2) is 62.3 Å². The molecule has 2 N–H and O–H groups in total. The molecule has 1 saturated carbocycles. The van der Waals surface area contributed by atoms with E-state index in [1.165, 1.54) is 32.1 Å². The molecule has 24 heavy (non-hydrogen) atoms. The maximum absolute atomic E-state index is 12.3. The van der Waals surface area contributed by atoms with Crippen molar-refractivity contribution in [3.63, 3.8) is 0 Å². The van der Waals surface area contributed by atoms with Gasteiger partial charge in [0.25, 0.3) is 0 Å². The van der Waals surface area contributed by atoms with E-state index in [0.29, 0.717) is 18.4 Å². The van der Waals surface area contributed by atoms with Crippen molar-refractivity contribution in [3.8, 4) is 0 Å². The molecular formula is C19H35N3O2. The van der Waals surface area contributed by atoms with E-state index < -0.39 is 0 Å². The molecule has 3 aliphatic rings. The zero-order valence-electron chi connectivity index (χ0n) is 15.3. The maximum atomic E-state index is 12.3. The highest BCUT2D eigenvalue weighted by Gasteiger charge is 2.41. The lowest BCUT2D eigenvalue weighted by molar-refractivity contribution is -0.122. The second-order valence-electron chi connectivity index (χ2n) is 8.03. The van der Waals surface area contributed by atoms with E-state index in [-0.39, 0.29) is 11.4 Å². The summed E-state index contributed by atoms with van der Waals surface area (Å²) in [4.78, 5) is 15.0. The van der Waals surface area contributed by atoms with Crippen LogP contribution in [0.25, 0.3) is 0 Å². The number of carbonyl (C=O) groups excluding carboxylic acids is 1. The van der Waals surface area contributed by atoms with Crippen molar-refractivity contribution in [2.75, 3.05) is 39.8 Å². The fourth-order valence-corrected chi connectivity index (χ4v) is 4.85. The number of carbonyl (C=O) groups is 1. The van der Waals surface area contributed by atoms with Gasteiger partial charge >= 0.3 is 0 Å². The third-order valence-electron chi connectivity index (χ3n) is 6.54. The summed E-state index contributed by atoms with van der Waals surface area (Å²) in [7, 11) is 1.83. The van der Waals surface area contributed by atoms with Gasteiger partial charge in [0, 0.05) is 38.7 Å². The molecule has 1 unspecified atom stereocenters. The summed E-state index contributed by atoms with van der Waals surface area (Å²) >= 11 is 0. The Morgan fingerprint density at radius 3 is 2.62 bits per heavy atom. The Morgan fingerprint density at radius 2 is 2.00 bits per heavy atom. The number of methoxy groups -OCH3 is 1. The van der Waals surface area contributed by atoms with Crippen molar-refractivity contribution >= 4 is 5.91 Å². The predicted octanol–water partition coefficient (Wildman–Crippen LogP) is 1.92. The number of rotatable bonds is 7.